The highest BCUT2D eigenvalue weighted by Crippen LogP contribution is 2.19. The molecule has 0 radical (unpaired) electrons. The number of rotatable bonds is 4. The van der Waals surface area contributed by atoms with Crippen molar-refractivity contribution < 1.29 is 9.90 Å². The predicted molar refractivity (Wildman–Crippen MR) is 58.0 cm³/mol. The van der Waals surface area contributed by atoms with Crippen LogP contribution in [0, 0.1) is 5.41 Å². The summed E-state index contributed by atoms with van der Waals surface area (Å²) < 4.78 is 0. The lowest BCUT2D eigenvalue weighted by molar-refractivity contribution is -0.125. The summed E-state index contributed by atoms with van der Waals surface area (Å²) in [5, 5.41) is 12.0. The van der Waals surface area contributed by atoms with E-state index >= 15 is 0 Å². The minimum atomic E-state index is -0.470. The fourth-order valence-corrected chi connectivity index (χ4v) is 1.10. The highest BCUT2D eigenvalue weighted by molar-refractivity contribution is 5.77. The van der Waals surface area contributed by atoms with Crippen LogP contribution in [0.2, 0.25) is 0 Å². The van der Waals surface area contributed by atoms with Gasteiger partial charge < -0.3 is 10.4 Å². The van der Waals surface area contributed by atoms with E-state index in [0.29, 0.717) is 6.42 Å². The molecule has 0 aliphatic carbocycles. The summed E-state index contributed by atoms with van der Waals surface area (Å²) in [6.07, 6.45) is 1.22. The van der Waals surface area contributed by atoms with Crippen molar-refractivity contribution in [2.24, 2.45) is 5.41 Å². The van der Waals surface area contributed by atoms with Crippen molar-refractivity contribution in [3.05, 3.63) is 0 Å². The Morgan fingerprint density at radius 3 is 2.07 bits per heavy atom. The van der Waals surface area contributed by atoms with E-state index in [1.165, 1.54) is 0 Å². The molecule has 3 nitrogen and oxygen atoms in total. The van der Waals surface area contributed by atoms with Crippen molar-refractivity contribution in [3.8, 4) is 0 Å². The summed E-state index contributed by atoms with van der Waals surface area (Å²) in [5.74, 6) is 0.0101. The predicted octanol–water partition coefficient (Wildman–Crippen LogP) is 1.70. The van der Waals surface area contributed by atoms with Gasteiger partial charge in [0.25, 0.3) is 0 Å². The van der Waals surface area contributed by atoms with E-state index in [0.717, 1.165) is 6.42 Å². The molecule has 0 aliphatic heterocycles. The average molecular weight is 201 g/mol. The van der Waals surface area contributed by atoms with Gasteiger partial charge >= 0.3 is 0 Å². The average Bonchev–Trinajstić information content (AvgIpc) is 2.00. The van der Waals surface area contributed by atoms with Gasteiger partial charge in [-0.05, 0) is 18.8 Å². The van der Waals surface area contributed by atoms with Gasteiger partial charge in [0, 0.05) is 6.42 Å². The van der Waals surface area contributed by atoms with Gasteiger partial charge in [0.05, 0.1) is 12.1 Å². The number of nitrogens with one attached hydrogen (secondary N) is 1. The second kappa shape index (κ2) is 4.78. The Hall–Kier alpha value is -0.570. The summed E-state index contributed by atoms with van der Waals surface area (Å²) in [6, 6.07) is 0. The fraction of sp³-hybridized carbons (Fsp3) is 0.909. The standard InChI is InChI=1S/C11H23NO2/c1-6-11(5,8-13)12-9(14)7-10(2,3)4/h13H,6-8H2,1-5H3,(H,12,14). The molecule has 0 aliphatic rings. The van der Waals surface area contributed by atoms with Crippen LogP contribution < -0.4 is 5.32 Å². The van der Waals surface area contributed by atoms with Crippen molar-refractivity contribution in [3.63, 3.8) is 0 Å². The number of aliphatic hydroxyl groups is 1. The Balaban J connectivity index is 4.18. The fourth-order valence-electron chi connectivity index (χ4n) is 1.10. The largest absolute Gasteiger partial charge is 0.394 e. The molecule has 3 heteroatoms. The Labute approximate surface area is 86.9 Å². The molecule has 1 atom stereocenters. The Morgan fingerprint density at radius 1 is 1.29 bits per heavy atom. The second-order valence-corrected chi connectivity index (χ2v) is 5.36. The van der Waals surface area contributed by atoms with Gasteiger partial charge in [0.1, 0.15) is 0 Å². The zero-order valence-corrected chi connectivity index (χ0v) is 9.98. The van der Waals surface area contributed by atoms with E-state index in [9.17, 15) is 4.79 Å². The van der Waals surface area contributed by atoms with Gasteiger partial charge in [-0.2, -0.15) is 0 Å². The number of carbonyl (C=O) groups is 1. The van der Waals surface area contributed by atoms with Crippen LogP contribution in [-0.4, -0.2) is 23.2 Å². The highest BCUT2D eigenvalue weighted by Gasteiger charge is 2.25. The molecule has 1 unspecified atom stereocenters. The molecule has 0 saturated carbocycles. The topological polar surface area (TPSA) is 49.3 Å². The van der Waals surface area contributed by atoms with E-state index < -0.39 is 5.54 Å². The molecule has 84 valence electrons. The summed E-state index contributed by atoms with van der Waals surface area (Å²) in [6.45, 7) is 9.86. The molecule has 0 aromatic rings. The molecule has 0 aromatic heterocycles. The number of amides is 1. The molecule has 0 bridgehead atoms. The third-order valence-corrected chi connectivity index (χ3v) is 2.26. The summed E-state index contributed by atoms with van der Waals surface area (Å²) in [7, 11) is 0. The molecule has 0 spiro atoms. The zero-order chi connectivity index (χ0) is 11.4. The Morgan fingerprint density at radius 2 is 1.79 bits per heavy atom. The minimum Gasteiger partial charge on any atom is -0.394 e. The van der Waals surface area contributed by atoms with Gasteiger partial charge in [-0.15, -0.1) is 0 Å². The number of carbonyl (C=O) groups excluding carboxylic acids is 1. The Kier molecular flexibility index (Phi) is 4.59. The third kappa shape index (κ3) is 5.22. The van der Waals surface area contributed by atoms with E-state index in [1.807, 2.05) is 34.6 Å². The van der Waals surface area contributed by atoms with Gasteiger partial charge in [-0.1, -0.05) is 27.7 Å². The normalized spacial score (nSPS) is 16.1. The van der Waals surface area contributed by atoms with E-state index in [-0.39, 0.29) is 17.9 Å². The maximum absolute atomic E-state index is 11.6. The molecular weight excluding hydrogens is 178 g/mol. The molecule has 1 amide bonds. The van der Waals surface area contributed by atoms with Crippen LogP contribution in [0.25, 0.3) is 0 Å². The van der Waals surface area contributed by atoms with Gasteiger partial charge in [-0.3, -0.25) is 4.79 Å². The van der Waals surface area contributed by atoms with Crippen molar-refractivity contribution in [2.45, 2.75) is 53.0 Å². The van der Waals surface area contributed by atoms with Crippen molar-refractivity contribution in [1.29, 1.82) is 0 Å². The maximum Gasteiger partial charge on any atom is 0.221 e. The smallest absolute Gasteiger partial charge is 0.221 e. The molecule has 0 fully saturated rings. The molecule has 0 heterocycles. The van der Waals surface area contributed by atoms with Gasteiger partial charge in [0.15, 0.2) is 0 Å². The molecule has 14 heavy (non-hydrogen) atoms. The van der Waals surface area contributed by atoms with Crippen molar-refractivity contribution in [2.75, 3.05) is 6.61 Å². The first-order chi connectivity index (χ1) is 6.22. The van der Waals surface area contributed by atoms with Crippen molar-refractivity contribution in [1.82, 2.24) is 5.32 Å². The number of hydrogen-bond donors (Lipinski definition) is 2. The summed E-state index contributed by atoms with van der Waals surface area (Å²) >= 11 is 0. The summed E-state index contributed by atoms with van der Waals surface area (Å²) in [4.78, 5) is 11.6. The van der Waals surface area contributed by atoms with Crippen LogP contribution in [0.15, 0.2) is 0 Å². The molecular formula is C11H23NO2. The number of hydrogen-bond acceptors (Lipinski definition) is 2. The van der Waals surface area contributed by atoms with Gasteiger partial charge in [0.2, 0.25) is 5.91 Å². The molecule has 0 saturated heterocycles. The molecule has 0 aromatic carbocycles. The van der Waals surface area contributed by atoms with Crippen LogP contribution in [0.4, 0.5) is 0 Å². The second-order valence-electron chi connectivity index (χ2n) is 5.36. The highest BCUT2D eigenvalue weighted by atomic mass is 16.3. The first-order valence-corrected chi connectivity index (χ1v) is 5.14. The van der Waals surface area contributed by atoms with Crippen LogP contribution in [0.1, 0.15) is 47.5 Å². The van der Waals surface area contributed by atoms with E-state index in [2.05, 4.69) is 5.32 Å². The maximum atomic E-state index is 11.6. The quantitative estimate of drug-likeness (QED) is 0.727. The zero-order valence-electron chi connectivity index (χ0n) is 9.98. The van der Waals surface area contributed by atoms with Crippen LogP contribution in [-0.2, 0) is 4.79 Å². The van der Waals surface area contributed by atoms with E-state index in [4.69, 9.17) is 5.11 Å². The van der Waals surface area contributed by atoms with Gasteiger partial charge in [-0.25, -0.2) is 0 Å². The first-order valence-electron chi connectivity index (χ1n) is 5.14. The molecule has 0 rings (SSSR count). The summed E-state index contributed by atoms with van der Waals surface area (Å²) in [5.41, 5.74) is -0.476. The van der Waals surface area contributed by atoms with Crippen molar-refractivity contribution >= 4 is 5.91 Å². The first kappa shape index (κ1) is 13.4. The van der Waals surface area contributed by atoms with Crippen LogP contribution in [0.3, 0.4) is 0 Å². The lowest BCUT2D eigenvalue weighted by Crippen LogP contribution is -2.49. The third-order valence-electron chi connectivity index (χ3n) is 2.26. The SMILES string of the molecule is CCC(C)(CO)NC(=O)CC(C)(C)C. The minimum absolute atomic E-state index is 0.00576. The Bertz CT molecular complexity index is 190. The lowest BCUT2D eigenvalue weighted by Gasteiger charge is -2.29. The van der Waals surface area contributed by atoms with E-state index in [1.54, 1.807) is 0 Å². The number of aliphatic hydroxyl groups excluding tert-OH is 1. The lowest BCUT2D eigenvalue weighted by atomic mass is 9.91. The van der Waals surface area contributed by atoms with Crippen LogP contribution in [0.5, 0.6) is 0 Å². The monoisotopic (exact) mass is 201 g/mol. The molecule has 2 N–H and O–H groups in total. The van der Waals surface area contributed by atoms with Crippen LogP contribution >= 0.6 is 0 Å².